The summed E-state index contributed by atoms with van der Waals surface area (Å²) >= 11 is 0. The largest absolute Gasteiger partial charge is 0.394 e. The first-order valence-electron chi connectivity index (χ1n) is 10.7. The number of fused-ring (bicyclic) bond motifs is 2. The van der Waals surface area contributed by atoms with E-state index in [4.69, 9.17) is 5.11 Å². The van der Waals surface area contributed by atoms with Gasteiger partial charge in [0.25, 0.3) is 5.91 Å². The highest BCUT2D eigenvalue weighted by atomic mass is 19.1. The molecular formula is C24H17F3N6O3. The Morgan fingerprint density at radius 2 is 1.86 bits per heavy atom. The number of halogens is 3. The summed E-state index contributed by atoms with van der Waals surface area (Å²) in [6, 6.07) is 11.5. The van der Waals surface area contributed by atoms with Crippen LogP contribution in [0.4, 0.5) is 13.2 Å². The number of nitrogens with one attached hydrogen (secondary N) is 1. The second kappa shape index (κ2) is 9.68. The zero-order chi connectivity index (χ0) is 25.2. The van der Waals surface area contributed by atoms with E-state index in [1.165, 1.54) is 16.8 Å². The average Bonchev–Trinajstić information content (AvgIpc) is 3.27. The van der Waals surface area contributed by atoms with Gasteiger partial charge in [-0.25, -0.2) is 28.3 Å². The van der Waals surface area contributed by atoms with Crippen LogP contribution in [0.5, 0.6) is 0 Å². The molecule has 0 spiro atoms. The van der Waals surface area contributed by atoms with Gasteiger partial charge in [-0.3, -0.25) is 14.6 Å². The van der Waals surface area contributed by atoms with Gasteiger partial charge in [-0.2, -0.15) is 0 Å². The molecule has 0 aliphatic rings. The molecule has 182 valence electrons. The molecule has 2 aromatic carbocycles. The van der Waals surface area contributed by atoms with Gasteiger partial charge in [-0.1, -0.05) is 11.3 Å². The van der Waals surface area contributed by atoms with E-state index >= 15 is 0 Å². The molecule has 3 heterocycles. The van der Waals surface area contributed by atoms with Gasteiger partial charge < -0.3 is 5.11 Å². The number of hydrogen-bond donors (Lipinski definition) is 2. The Kier molecular flexibility index (Phi) is 6.27. The zero-order valence-corrected chi connectivity index (χ0v) is 18.5. The highest BCUT2D eigenvalue weighted by molar-refractivity contribution is 5.94. The van der Waals surface area contributed by atoms with Crippen LogP contribution in [0.1, 0.15) is 15.9 Å². The van der Waals surface area contributed by atoms with Crippen LogP contribution in [-0.2, 0) is 11.4 Å². The Bertz CT molecular complexity index is 1580. The van der Waals surface area contributed by atoms with E-state index in [1.807, 2.05) is 11.5 Å². The van der Waals surface area contributed by atoms with Gasteiger partial charge in [0.2, 0.25) is 0 Å². The first kappa shape index (κ1) is 23.3. The molecule has 0 radical (unpaired) electrons. The van der Waals surface area contributed by atoms with Crippen LogP contribution in [0.15, 0.2) is 54.7 Å². The van der Waals surface area contributed by atoms with Crippen LogP contribution >= 0.6 is 0 Å². The monoisotopic (exact) mass is 494 g/mol. The predicted molar refractivity (Wildman–Crippen MR) is 122 cm³/mol. The van der Waals surface area contributed by atoms with Crippen LogP contribution in [0.25, 0.3) is 33.3 Å². The zero-order valence-electron chi connectivity index (χ0n) is 18.5. The Hall–Kier alpha value is -4.42. The lowest BCUT2D eigenvalue weighted by Gasteiger charge is -2.10. The van der Waals surface area contributed by atoms with Crippen molar-refractivity contribution in [3.63, 3.8) is 0 Å². The summed E-state index contributed by atoms with van der Waals surface area (Å²) in [6.45, 7) is -0.645. The number of benzene rings is 2. The standard InChI is InChI=1S/C24H17F3N6O3/c25-16-4-3-13-2-1-7-28-22(13)15(16)12-33-23-20(30-32-33)6-5-19(29-23)14-10-17(26)21(18(27)11-14)24(35)31-36-9-8-34/h1-7,10-11,34H,8-9,12H2,(H,31,35). The van der Waals surface area contributed by atoms with Gasteiger partial charge in [-0.05, 0) is 42.5 Å². The lowest BCUT2D eigenvalue weighted by molar-refractivity contribution is 0.0162. The Morgan fingerprint density at radius 1 is 1.06 bits per heavy atom. The number of aliphatic hydroxyl groups excluding tert-OH is 1. The lowest BCUT2D eigenvalue weighted by Crippen LogP contribution is -2.27. The average molecular weight is 494 g/mol. The van der Waals surface area contributed by atoms with Crippen molar-refractivity contribution < 1.29 is 27.9 Å². The highest BCUT2D eigenvalue weighted by Crippen LogP contribution is 2.26. The van der Waals surface area contributed by atoms with E-state index in [-0.39, 0.29) is 36.7 Å². The number of amides is 1. The van der Waals surface area contributed by atoms with Crippen molar-refractivity contribution in [3.05, 3.63) is 83.3 Å². The summed E-state index contributed by atoms with van der Waals surface area (Å²) in [6.07, 6.45) is 1.56. The number of carbonyl (C=O) groups is 1. The van der Waals surface area contributed by atoms with Gasteiger partial charge in [0.15, 0.2) is 5.65 Å². The molecule has 5 rings (SSSR count). The molecule has 9 nitrogen and oxygen atoms in total. The molecule has 0 atom stereocenters. The van der Waals surface area contributed by atoms with Crippen molar-refractivity contribution in [2.24, 2.45) is 0 Å². The summed E-state index contributed by atoms with van der Waals surface area (Å²) in [5, 5.41) is 17.5. The van der Waals surface area contributed by atoms with Crippen LogP contribution in [0.2, 0.25) is 0 Å². The summed E-state index contributed by atoms with van der Waals surface area (Å²) < 4.78 is 45.4. The third-order valence-electron chi connectivity index (χ3n) is 5.41. The van der Waals surface area contributed by atoms with Gasteiger partial charge in [0.05, 0.1) is 31.0 Å². The molecule has 0 saturated heterocycles. The maximum absolute atomic E-state index is 14.7. The number of hydrogen-bond acceptors (Lipinski definition) is 7. The Morgan fingerprint density at radius 3 is 2.64 bits per heavy atom. The van der Waals surface area contributed by atoms with Gasteiger partial charge in [-0.15, -0.1) is 5.10 Å². The fourth-order valence-electron chi connectivity index (χ4n) is 3.75. The quantitative estimate of drug-likeness (QED) is 0.264. The van der Waals surface area contributed by atoms with E-state index in [1.54, 1.807) is 24.4 Å². The molecular weight excluding hydrogens is 477 g/mol. The first-order valence-corrected chi connectivity index (χ1v) is 10.7. The third-order valence-corrected chi connectivity index (χ3v) is 5.41. The first-order chi connectivity index (χ1) is 17.5. The summed E-state index contributed by atoms with van der Waals surface area (Å²) in [5.74, 6) is -3.87. The molecule has 0 bridgehead atoms. The minimum Gasteiger partial charge on any atom is -0.394 e. The van der Waals surface area contributed by atoms with Crippen molar-refractivity contribution in [1.29, 1.82) is 0 Å². The molecule has 2 N–H and O–H groups in total. The minimum atomic E-state index is -1.14. The van der Waals surface area contributed by atoms with E-state index in [0.29, 0.717) is 16.6 Å². The molecule has 1 amide bonds. The number of pyridine rings is 2. The van der Waals surface area contributed by atoms with E-state index < -0.39 is 28.9 Å². The summed E-state index contributed by atoms with van der Waals surface area (Å²) in [4.78, 5) is 25.3. The number of hydroxylamine groups is 1. The fraction of sp³-hybridized carbons (Fsp3) is 0.125. The topological polar surface area (TPSA) is 115 Å². The van der Waals surface area contributed by atoms with Gasteiger partial charge >= 0.3 is 0 Å². The van der Waals surface area contributed by atoms with Crippen molar-refractivity contribution in [3.8, 4) is 11.3 Å². The van der Waals surface area contributed by atoms with Crippen LogP contribution in [0, 0.1) is 17.5 Å². The smallest absolute Gasteiger partial charge is 0.280 e. The van der Waals surface area contributed by atoms with E-state index in [9.17, 15) is 18.0 Å². The normalized spacial score (nSPS) is 11.3. The third kappa shape index (κ3) is 4.34. The number of rotatable bonds is 7. The molecule has 0 aliphatic carbocycles. The molecule has 0 unspecified atom stereocenters. The van der Waals surface area contributed by atoms with E-state index in [2.05, 4.69) is 25.1 Å². The van der Waals surface area contributed by atoms with Crippen LogP contribution in [-0.4, -0.2) is 49.2 Å². The van der Waals surface area contributed by atoms with Crippen molar-refractivity contribution in [2.45, 2.75) is 6.54 Å². The van der Waals surface area contributed by atoms with Crippen molar-refractivity contribution in [2.75, 3.05) is 13.2 Å². The SMILES string of the molecule is O=C(NOCCO)c1c(F)cc(-c2ccc3nnn(Cc4c(F)ccc5cccnc45)c3n2)cc1F. The molecule has 5 aromatic rings. The minimum absolute atomic E-state index is 0.0250. The van der Waals surface area contributed by atoms with Crippen LogP contribution < -0.4 is 5.48 Å². The Labute approximate surface area is 201 Å². The molecule has 0 fully saturated rings. The number of nitrogens with zero attached hydrogens (tertiary/aromatic N) is 5. The van der Waals surface area contributed by atoms with Gasteiger partial charge in [0.1, 0.15) is 28.5 Å². The number of aliphatic hydroxyl groups is 1. The molecule has 3 aromatic heterocycles. The number of carbonyl (C=O) groups excluding carboxylic acids is 1. The lowest BCUT2D eigenvalue weighted by atomic mass is 10.1. The van der Waals surface area contributed by atoms with E-state index in [0.717, 1.165) is 17.5 Å². The molecule has 0 aliphatic heterocycles. The summed E-state index contributed by atoms with van der Waals surface area (Å²) in [5.41, 5.74) is 2.68. The second-order valence-corrected chi connectivity index (χ2v) is 7.71. The molecule has 12 heteroatoms. The molecule has 36 heavy (non-hydrogen) atoms. The maximum atomic E-state index is 14.7. The number of aromatic nitrogens is 5. The predicted octanol–water partition coefficient (Wildman–Crippen LogP) is 3.16. The van der Waals surface area contributed by atoms with Crippen molar-refractivity contribution >= 4 is 28.0 Å². The second-order valence-electron chi connectivity index (χ2n) is 7.71. The van der Waals surface area contributed by atoms with Crippen LogP contribution in [0.3, 0.4) is 0 Å². The van der Waals surface area contributed by atoms with Crippen molar-refractivity contribution in [1.82, 2.24) is 30.4 Å². The highest BCUT2D eigenvalue weighted by Gasteiger charge is 2.21. The maximum Gasteiger partial charge on any atom is 0.280 e. The van der Waals surface area contributed by atoms with Gasteiger partial charge in [0, 0.05) is 22.7 Å². The molecule has 0 saturated carbocycles. The fourth-order valence-corrected chi connectivity index (χ4v) is 3.75. The summed E-state index contributed by atoms with van der Waals surface area (Å²) in [7, 11) is 0. The Balaban J connectivity index is 1.50.